The van der Waals surface area contributed by atoms with Gasteiger partial charge in [0.1, 0.15) is 5.75 Å². The number of nitrogens with zero attached hydrogens (tertiary/aromatic N) is 2. The van der Waals surface area contributed by atoms with Gasteiger partial charge in [0, 0.05) is 38.8 Å². The number of carbonyl (C=O) groups excluding carboxylic acids is 1. The second kappa shape index (κ2) is 15.8. The van der Waals surface area contributed by atoms with Crippen LogP contribution in [0.4, 0.5) is 5.69 Å². The molecular formula is C26H31Cl2N3O6. The van der Waals surface area contributed by atoms with E-state index in [0.29, 0.717) is 16.6 Å². The van der Waals surface area contributed by atoms with Crippen LogP contribution in [0.1, 0.15) is 18.4 Å². The molecule has 9 nitrogen and oxygen atoms in total. The number of nitrogens with one attached hydrogen (secondary N) is 1. The van der Waals surface area contributed by atoms with Crippen LogP contribution in [0.25, 0.3) is 6.08 Å². The van der Waals surface area contributed by atoms with Crippen molar-refractivity contribution >= 4 is 52.8 Å². The summed E-state index contributed by atoms with van der Waals surface area (Å²) in [5.41, 5.74) is 2.01. The summed E-state index contributed by atoms with van der Waals surface area (Å²) >= 11 is 11.9. The lowest BCUT2D eigenvalue weighted by molar-refractivity contribution is -0.159. The highest BCUT2D eigenvalue weighted by molar-refractivity contribution is 6.42. The molecule has 3 N–H and O–H groups in total. The summed E-state index contributed by atoms with van der Waals surface area (Å²) < 4.78 is 5.48. The van der Waals surface area contributed by atoms with Gasteiger partial charge < -0.3 is 25.2 Å². The predicted molar refractivity (Wildman–Crippen MR) is 145 cm³/mol. The first kappa shape index (κ1) is 30.0. The van der Waals surface area contributed by atoms with Gasteiger partial charge in [0.2, 0.25) is 5.91 Å². The number of unbranched alkanes of at least 4 members (excludes halogenated alkanes) is 1. The number of carbonyl (C=O) groups is 3. The average molecular weight is 552 g/mol. The predicted octanol–water partition coefficient (Wildman–Crippen LogP) is 3.89. The molecule has 0 spiro atoms. The van der Waals surface area contributed by atoms with Gasteiger partial charge in [0.05, 0.1) is 22.8 Å². The SMILES string of the molecule is COc1ccccc1N1CCN(CCCCNC(=O)/C=C/c2ccc(Cl)c(Cl)c2)CC1.O=C(O)C(=O)O. The topological polar surface area (TPSA) is 119 Å². The molecule has 200 valence electrons. The Morgan fingerprint density at radius 3 is 2.27 bits per heavy atom. The number of amides is 1. The van der Waals surface area contributed by atoms with Crippen LogP contribution in [0.15, 0.2) is 48.5 Å². The van der Waals surface area contributed by atoms with Gasteiger partial charge in [-0.25, -0.2) is 9.59 Å². The Hall–Kier alpha value is -3.27. The highest BCUT2D eigenvalue weighted by Gasteiger charge is 2.19. The summed E-state index contributed by atoms with van der Waals surface area (Å²) in [5, 5.41) is 18.7. The van der Waals surface area contributed by atoms with Crippen molar-refractivity contribution in [1.82, 2.24) is 10.2 Å². The zero-order valence-corrected chi connectivity index (χ0v) is 22.0. The second-order valence-electron chi connectivity index (χ2n) is 8.12. The maximum absolute atomic E-state index is 12.0. The third-order valence-corrected chi connectivity index (χ3v) is 6.29. The van der Waals surface area contributed by atoms with Crippen molar-refractivity contribution in [2.75, 3.05) is 51.3 Å². The Bertz CT molecular complexity index is 1080. The molecule has 1 saturated heterocycles. The molecule has 37 heavy (non-hydrogen) atoms. The van der Waals surface area contributed by atoms with Crippen LogP contribution in [0.5, 0.6) is 5.75 Å². The number of aliphatic carboxylic acids is 2. The standard InChI is InChI=1S/C24H29Cl2N3O2.C2H2O4/c1-31-23-7-3-2-6-22(23)29-16-14-28(15-17-29)13-5-4-12-27-24(30)11-9-19-8-10-20(25)21(26)18-19;3-1(4)2(5)6/h2-3,6-11,18H,4-5,12-17H2,1H3,(H,27,30);(H,3,4)(H,5,6)/b11-9+;. The first-order valence-electron chi connectivity index (χ1n) is 11.7. The maximum atomic E-state index is 12.0. The highest BCUT2D eigenvalue weighted by atomic mass is 35.5. The minimum atomic E-state index is -1.82. The van der Waals surface area contributed by atoms with Crippen LogP contribution in [-0.4, -0.2) is 79.3 Å². The first-order valence-corrected chi connectivity index (χ1v) is 12.4. The number of carboxylic acids is 2. The number of benzene rings is 2. The van der Waals surface area contributed by atoms with E-state index < -0.39 is 11.9 Å². The number of hydrogen-bond acceptors (Lipinski definition) is 6. The molecule has 2 aromatic carbocycles. The summed E-state index contributed by atoms with van der Waals surface area (Å²) in [5.74, 6) is -2.82. The van der Waals surface area contributed by atoms with Crippen LogP contribution < -0.4 is 15.0 Å². The first-order chi connectivity index (χ1) is 17.7. The number of carboxylic acid groups (broad SMARTS) is 2. The Balaban J connectivity index is 0.000000717. The van der Waals surface area contributed by atoms with Gasteiger partial charge >= 0.3 is 11.9 Å². The van der Waals surface area contributed by atoms with Crippen LogP contribution in [-0.2, 0) is 14.4 Å². The number of methoxy groups -OCH3 is 1. The number of rotatable bonds is 9. The van der Waals surface area contributed by atoms with Gasteiger partial charge in [-0.05, 0) is 55.3 Å². The molecule has 0 unspecified atom stereocenters. The van der Waals surface area contributed by atoms with Crippen molar-refractivity contribution < 1.29 is 29.3 Å². The molecule has 0 aromatic heterocycles. The third-order valence-electron chi connectivity index (χ3n) is 5.55. The second-order valence-corrected chi connectivity index (χ2v) is 8.93. The Morgan fingerprint density at radius 2 is 1.65 bits per heavy atom. The molecule has 0 saturated carbocycles. The van der Waals surface area contributed by atoms with Crippen molar-refractivity contribution in [2.24, 2.45) is 0 Å². The number of hydrogen-bond donors (Lipinski definition) is 3. The molecule has 0 radical (unpaired) electrons. The lowest BCUT2D eigenvalue weighted by atomic mass is 10.2. The van der Waals surface area contributed by atoms with Crippen molar-refractivity contribution in [3.8, 4) is 5.75 Å². The van der Waals surface area contributed by atoms with E-state index in [1.165, 1.54) is 11.8 Å². The summed E-state index contributed by atoms with van der Waals surface area (Å²) in [6, 6.07) is 13.5. The fourth-order valence-electron chi connectivity index (χ4n) is 3.62. The van der Waals surface area contributed by atoms with E-state index in [1.807, 2.05) is 18.2 Å². The number of anilines is 1. The van der Waals surface area contributed by atoms with Gasteiger partial charge in [-0.2, -0.15) is 0 Å². The summed E-state index contributed by atoms with van der Waals surface area (Å²) in [7, 11) is 1.72. The zero-order chi connectivity index (χ0) is 27.2. The fourth-order valence-corrected chi connectivity index (χ4v) is 3.93. The van der Waals surface area contributed by atoms with Gasteiger partial charge in [-0.3, -0.25) is 9.69 Å². The minimum Gasteiger partial charge on any atom is -0.495 e. The number of ether oxygens (including phenoxy) is 1. The van der Waals surface area contributed by atoms with Gasteiger partial charge in [0.15, 0.2) is 0 Å². The maximum Gasteiger partial charge on any atom is 0.414 e. The van der Waals surface area contributed by atoms with Gasteiger partial charge in [-0.15, -0.1) is 0 Å². The van der Waals surface area contributed by atoms with Crippen molar-refractivity contribution in [1.29, 1.82) is 0 Å². The van der Waals surface area contributed by atoms with Crippen LogP contribution in [0.3, 0.4) is 0 Å². The molecule has 0 aliphatic carbocycles. The minimum absolute atomic E-state index is 0.100. The molecule has 1 heterocycles. The molecule has 3 rings (SSSR count). The molecule has 11 heteroatoms. The Labute approximate surface area is 226 Å². The molecule has 1 aliphatic heterocycles. The molecule has 2 aromatic rings. The molecule has 0 atom stereocenters. The van der Waals surface area contributed by atoms with E-state index in [4.69, 9.17) is 47.7 Å². The van der Waals surface area contributed by atoms with E-state index in [9.17, 15) is 4.79 Å². The summed E-state index contributed by atoms with van der Waals surface area (Å²) in [6.45, 7) is 5.79. The van der Waals surface area contributed by atoms with Crippen LogP contribution >= 0.6 is 23.2 Å². The molecule has 0 bridgehead atoms. The van der Waals surface area contributed by atoms with Crippen molar-refractivity contribution in [3.05, 3.63) is 64.1 Å². The number of piperazine rings is 1. The van der Waals surface area contributed by atoms with E-state index in [2.05, 4.69) is 27.2 Å². The zero-order valence-electron chi connectivity index (χ0n) is 20.5. The third kappa shape index (κ3) is 10.7. The number of halogens is 2. The highest BCUT2D eigenvalue weighted by Crippen LogP contribution is 2.28. The molecule has 1 aliphatic rings. The van der Waals surface area contributed by atoms with E-state index in [1.54, 1.807) is 25.3 Å². The smallest absolute Gasteiger partial charge is 0.414 e. The Kier molecular flexibility index (Phi) is 12.8. The molecular weight excluding hydrogens is 521 g/mol. The lowest BCUT2D eigenvalue weighted by Gasteiger charge is -2.36. The number of para-hydroxylation sites is 2. The van der Waals surface area contributed by atoms with Gasteiger partial charge in [-0.1, -0.05) is 41.4 Å². The summed E-state index contributed by atoms with van der Waals surface area (Å²) in [6.07, 6.45) is 5.28. The lowest BCUT2D eigenvalue weighted by Crippen LogP contribution is -2.46. The van der Waals surface area contributed by atoms with E-state index >= 15 is 0 Å². The molecule has 1 fully saturated rings. The van der Waals surface area contributed by atoms with Crippen molar-refractivity contribution in [3.63, 3.8) is 0 Å². The fraction of sp³-hybridized carbons (Fsp3) is 0.346. The van der Waals surface area contributed by atoms with E-state index in [0.717, 1.165) is 56.9 Å². The normalized spacial score (nSPS) is 13.5. The summed E-state index contributed by atoms with van der Waals surface area (Å²) in [4.78, 5) is 35.0. The largest absolute Gasteiger partial charge is 0.495 e. The van der Waals surface area contributed by atoms with Crippen LogP contribution in [0, 0.1) is 0 Å². The molecule has 1 amide bonds. The van der Waals surface area contributed by atoms with Crippen LogP contribution in [0.2, 0.25) is 10.0 Å². The van der Waals surface area contributed by atoms with E-state index in [-0.39, 0.29) is 5.91 Å². The van der Waals surface area contributed by atoms with Crippen molar-refractivity contribution in [2.45, 2.75) is 12.8 Å². The quantitative estimate of drug-likeness (QED) is 0.244. The monoisotopic (exact) mass is 551 g/mol. The average Bonchev–Trinajstić information content (AvgIpc) is 2.89. The Morgan fingerprint density at radius 1 is 0.973 bits per heavy atom. The van der Waals surface area contributed by atoms with Gasteiger partial charge in [0.25, 0.3) is 0 Å².